The zero-order chi connectivity index (χ0) is 26.1. The van der Waals surface area contributed by atoms with E-state index in [1.54, 1.807) is 0 Å². The topological polar surface area (TPSA) is 80.6 Å². The summed E-state index contributed by atoms with van der Waals surface area (Å²) < 4.78 is 6.29. The Morgan fingerprint density at radius 2 is 1.97 bits per heavy atom. The van der Waals surface area contributed by atoms with Crippen molar-refractivity contribution in [1.29, 1.82) is 5.26 Å². The predicted molar refractivity (Wildman–Crippen MR) is 150 cm³/mol. The molecule has 3 aromatic rings. The van der Waals surface area contributed by atoms with E-state index in [1.807, 2.05) is 0 Å². The number of nitrogens with one attached hydrogen (secondary N) is 1. The molecule has 2 aromatic carbocycles. The van der Waals surface area contributed by atoms with Gasteiger partial charge in [0, 0.05) is 55.4 Å². The van der Waals surface area contributed by atoms with Crippen molar-refractivity contribution in [1.82, 2.24) is 20.2 Å². The number of hydrogen-bond donors (Lipinski definition) is 1. The second-order valence-electron chi connectivity index (χ2n) is 10.9. The van der Waals surface area contributed by atoms with Gasteiger partial charge in [-0.05, 0) is 50.2 Å². The minimum absolute atomic E-state index is 0.132. The summed E-state index contributed by atoms with van der Waals surface area (Å²) in [6.45, 7) is 7.87. The van der Waals surface area contributed by atoms with Gasteiger partial charge in [0.05, 0.1) is 24.7 Å². The van der Waals surface area contributed by atoms with Crippen LogP contribution in [0.15, 0.2) is 36.4 Å². The number of benzene rings is 2. The van der Waals surface area contributed by atoms with E-state index in [-0.39, 0.29) is 12.3 Å². The van der Waals surface area contributed by atoms with Gasteiger partial charge in [0.15, 0.2) is 5.82 Å². The molecule has 0 spiro atoms. The molecule has 1 aromatic heterocycles. The lowest BCUT2D eigenvalue weighted by molar-refractivity contribution is -0.0364. The standard InChI is InChI=1S/C30H37N7O/c1-21-6-3-7-22-8-4-9-26(29(21)22)36-16-12-24-25(19-36)33-27(20-38-28-10-5-15-35(28)2)34-30(24)37-17-14-32-23(18-37)11-13-31/h3-4,6-9,23,28,32H,5,10-12,14-20H2,1-2H3/t23-,28+/m0/s1. The zero-order valence-corrected chi connectivity index (χ0v) is 22.5. The molecule has 0 saturated carbocycles. The van der Waals surface area contributed by atoms with Crippen LogP contribution in [0.2, 0.25) is 0 Å². The van der Waals surface area contributed by atoms with E-state index in [2.05, 4.69) is 76.5 Å². The first-order valence-corrected chi connectivity index (χ1v) is 13.9. The van der Waals surface area contributed by atoms with Crippen LogP contribution in [0.1, 0.15) is 41.9 Å². The average Bonchev–Trinajstić information content (AvgIpc) is 3.35. The third kappa shape index (κ3) is 4.94. The first-order valence-electron chi connectivity index (χ1n) is 13.9. The molecule has 3 aliphatic heterocycles. The number of aromatic nitrogens is 2. The third-order valence-electron chi connectivity index (χ3n) is 8.27. The number of nitrogens with zero attached hydrogens (tertiary/aromatic N) is 6. The second-order valence-corrected chi connectivity index (χ2v) is 10.9. The normalized spacial score (nSPS) is 22.0. The van der Waals surface area contributed by atoms with Crippen LogP contribution in [0.5, 0.6) is 0 Å². The Kier molecular flexibility index (Phi) is 7.16. The highest BCUT2D eigenvalue weighted by atomic mass is 16.5. The molecule has 2 saturated heterocycles. The third-order valence-corrected chi connectivity index (χ3v) is 8.27. The predicted octanol–water partition coefficient (Wildman–Crippen LogP) is 3.76. The molecule has 2 atom stereocenters. The molecule has 0 bridgehead atoms. The summed E-state index contributed by atoms with van der Waals surface area (Å²) in [6.07, 6.45) is 3.75. The van der Waals surface area contributed by atoms with Gasteiger partial charge in [-0.3, -0.25) is 4.90 Å². The minimum atomic E-state index is 0.132. The summed E-state index contributed by atoms with van der Waals surface area (Å²) in [5.41, 5.74) is 4.91. The number of nitriles is 1. The molecule has 0 radical (unpaired) electrons. The van der Waals surface area contributed by atoms with Crippen molar-refractivity contribution < 1.29 is 4.74 Å². The van der Waals surface area contributed by atoms with E-state index in [4.69, 9.17) is 14.7 Å². The fourth-order valence-corrected chi connectivity index (χ4v) is 6.29. The van der Waals surface area contributed by atoms with Crippen molar-refractivity contribution in [3.8, 4) is 6.07 Å². The van der Waals surface area contributed by atoms with Crippen LogP contribution >= 0.6 is 0 Å². The lowest BCUT2D eigenvalue weighted by Gasteiger charge is -2.37. The SMILES string of the molecule is Cc1cccc2cccc(N3CCc4c(nc(CO[C@@H]5CCCN5C)nc4N4CCN[C@@H](CC#N)C4)C3)c12. The molecular formula is C30H37N7O. The Morgan fingerprint density at radius 1 is 1.11 bits per heavy atom. The maximum atomic E-state index is 9.28. The zero-order valence-electron chi connectivity index (χ0n) is 22.5. The number of hydrogen-bond acceptors (Lipinski definition) is 8. The van der Waals surface area contributed by atoms with Gasteiger partial charge in [-0.2, -0.15) is 5.26 Å². The van der Waals surface area contributed by atoms with E-state index < -0.39 is 0 Å². The molecule has 8 heteroatoms. The van der Waals surface area contributed by atoms with E-state index in [9.17, 15) is 5.26 Å². The van der Waals surface area contributed by atoms with Gasteiger partial charge in [0.25, 0.3) is 0 Å². The molecule has 6 rings (SSSR count). The Bertz CT molecular complexity index is 1350. The number of rotatable bonds is 6. The van der Waals surface area contributed by atoms with Gasteiger partial charge in [0.1, 0.15) is 18.7 Å². The lowest BCUT2D eigenvalue weighted by Crippen LogP contribution is -2.51. The van der Waals surface area contributed by atoms with E-state index in [0.29, 0.717) is 13.0 Å². The molecule has 0 aliphatic carbocycles. The van der Waals surface area contributed by atoms with Gasteiger partial charge in [-0.1, -0.05) is 30.3 Å². The fourth-order valence-electron chi connectivity index (χ4n) is 6.29. The number of ether oxygens (including phenoxy) is 1. The van der Waals surface area contributed by atoms with Crippen LogP contribution in [0.25, 0.3) is 10.8 Å². The van der Waals surface area contributed by atoms with Crippen LogP contribution in [-0.2, 0) is 24.3 Å². The first kappa shape index (κ1) is 25.1. The van der Waals surface area contributed by atoms with E-state index in [1.165, 1.54) is 27.6 Å². The van der Waals surface area contributed by atoms with Crippen molar-refractivity contribution in [3.05, 3.63) is 59.0 Å². The quantitative estimate of drug-likeness (QED) is 0.536. The minimum Gasteiger partial charge on any atom is -0.365 e. The Morgan fingerprint density at radius 3 is 2.79 bits per heavy atom. The number of piperazine rings is 1. The smallest absolute Gasteiger partial charge is 0.156 e. The van der Waals surface area contributed by atoms with Crippen LogP contribution in [0.4, 0.5) is 11.5 Å². The molecule has 3 aliphatic rings. The molecule has 4 heterocycles. The molecule has 2 fully saturated rings. The molecule has 38 heavy (non-hydrogen) atoms. The van der Waals surface area contributed by atoms with Crippen LogP contribution in [0.3, 0.4) is 0 Å². The molecule has 0 unspecified atom stereocenters. The lowest BCUT2D eigenvalue weighted by atomic mass is 9.99. The van der Waals surface area contributed by atoms with Crippen molar-refractivity contribution in [2.24, 2.45) is 0 Å². The van der Waals surface area contributed by atoms with Crippen LogP contribution < -0.4 is 15.1 Å². The van der Waals surface area contributed by atoms with Crippen molar-refractivity contribution in [2.45, 2.75) is 58.0 Å². The van der Waals surface area contributed by atoms with Crippen molar-refractivity contribution in [3.63, 3.8) is 0 Å². The summed E-state index contributed by atoms with van der Waals surface area (Å²) in [5.74, 6) is 1.79. The van der Waals surface area contributed by atoms with E-state index in [0.717, 1.165) is 75.9 Å². The maximum Gasteiger partial charge on any atom is 0.156 e. The molecule has 0 amide bonds. The monoisotopic (exact) mass is 511 g/mol. The van der Waals surface area contributed by atoms with Crippen molar-refractivity contribution in [2.75, 3.05) is 49.6 Å². The van der Waals surface area contributed by atoms with Crippen molar-refractivity contribution >= 4 is 22.3 Å². The summed E-state index contributed by atoms with van der Waals surface area (Å²) >= 11 is 0. The highest BCUT2D eigenvalue weighted by molar-refractivity contribution is 5.97. The Hall–Kier alpha value is -3.25. The van der Waals surface area contributed by atoms with Gasteiger partial charge >= 0.3 is 0 Å². The maximum absolute atomic E-state index is 9.28. The average molecular weight is 512 g/mol. The summed E-state index contributed by atoms with van der Waals surface area (Å²) in [7, 11) is 2.12. The molecule has 8 nitrogen and oxygen atoms in total. The van der Waals surface area contributed by atoms with Gasteiger partial charge in [-0.25, -0.2) is 9.97 Å². The van der Waals surface area contributed by atoms with Crippen LogP contribution in [-0.4, -0.2) is 66.9 Å². The number of likely N-dealkylation sites (tertiary alicyclic amines) is 1. The van der Waals surface area contributed by atoms with Gasteiger partial charge < -0.3 is 19.9 Å². The summed E-state index contributed by atoms with van der Waals surface area (Å²) in [4.78, 5) is 17.3. The Balaban J connectivity index is 1.34. The number of anilines is 2. The van der Waals surface area contributed by atoms with E-state index >= 15 is 0 Å². The number of fused-ring (bicyclic) bond motifs is 2. The highest BCUT2D eigenvalue weighted by Crippen LogP contribution is 2.35. The van der Waals surface area contributed by atoms with Crippen LogP contribution in [0, 0.1) is 18.3 Å². The molecular weight excluding hydrogens is 474 g/mol. The van der Waals surface area contributed by atoms with Gasteiger partial charge in [-0.15, -0.1) is 0 Å². The summed E-state index contributed by atoms with van der Waals surface area (Å²) in [5, 5.41) is 15.4. The van der Waals surface area contributed by atoms with Gasteiger partial charge in [0.2, 0.25) is 0 Å². The second kappa shape index (κ2) is 10.9. The summed E-state index contributed by atoms with van der Waals surface area (Å²) in [6, 6.07) is 15.6. The first-order chi connectivity index (χ1) is 18.6. The Labute approximate surface area is 225 Å². The molecule has 1 N–H and O–H groups in total. The largest absolute Gasteiger partial charge is 0.365 e. The highest BCUT2D eigenvalue weighted by Gasteiger charge is 2.29. The molecule has 198 valence electrons. The fraction of sp³-hybridized carbons (Fsp3) is 0.500. The number of aryl methyl sites for hydroxylation is 1.